The fourth-order valence-electron chi connectivity index (χ4n) is 1.40. The first-order valence-electron chi connectivity index (χ1n) is 5.00. The molecule has 0 bridgehead atoms. The van der Waals surface area contributed by atoms with Crippen LogP contribution in [0.25, 0.3) is 11.1 Å². The first-order chi connectivity index (χ1) is 7.69. The number of rotatable bonds is 2. The Bertz CT molecular complexity index is 519. The summed E-state index contributed by atoms with van der Waals surface area (Å²) in [5.41, 5.74) is 2.04. The molecule has 0 aliphatic carbocycles. The van der Waals surface area contributed by atoms with E-state index in [1.165, 1.54) is 0 Å². The van der Waals surface area contributed by atoms with Crippen molar-refractivity contribution in [2.24, 2.45) is 0 Å². The van der Waals surface area contributed by atoms with Crippen LogP contribution < -0.4 is 5.32 Å². The molecule has 0 radical (unpaired) electrons. The number of carbonyl (C=O) groups is 1. The topological polar surface area (TPSA) is 64.4 Å². The molecule has 0 aliphatic rings. The minimum atomic E-state index is -0.474. The number of fused-ring (bicyclic) bond motifs is 1. The first-order valence-corrected chi connectivity index (χ1v) is 5.00. The van der Waals surface area contributed by atoms with Crippen molar-refractivity contribution in [1.82, 2.24) is 4.98 Å². The Kier molecular flexibility index (Phi) is 2.76. The molecule has 0 saturated heterocycles. The summed E-state index contributed by atoms with van der Waals surface area (Å²) in [4.78, 5) is 15.3. The number of nitrogens with zero attached hydrogens (tertiary/aromatic N) is 1. The van der Waals surface area contributed by atoms with Gasteiger partial charge in [-0.05, 0) is 19.1 Å². The van der Waals surface area contributed by atoms with Crippen LogP contribution >= 0.6 is 0 Å². The molecule has 0 aliphatic heterocycles. The van der Waals surface area contributed by atoms with E-state index in [2.05, 4.69) is 10.3 Å². The van der Waals surface area contributed by atoms with Crippen molar-refractivity contribution in [3.05, 3.63) is 24.1 Å². The zero-order valence-electron chi connectivity index (χ0n) is 9.11. The molecular weight excluding hydrogens is 208 g/mol. The summed E-state index contributed by atoms with van der Waals surface area (Å²) in [7, 11) is 0. The van der Waals surface area contributed by atoms with E-state index in [1.54, 1.807) is 32.0 Å². The van der Waals surface area contributed by atoms with Gasteiger partial charge in [-0.15, -0.1) is 0 Å². The Morgan fingerprint density at radius 2 is 2.38 bits per heavy atom. The number of hydrogen-bond donors (Lipinski definition) is 1. The number of oxazole rings is 1. The summed E-state index contributed by atoms with van der Waals surface area (Å²) < 4.78 is 10.1. The highest BCUT2D eigenvalue weighted by molar-refractivity contribution is 5.88. The number of carbonyl (C=O) groups excluding carboxylic acids is 1. The fraction of sp³-hybridized carbons (Fsp3) is 0.273. The monoisotopic (exact) mass is 220 g/mol. The molecule has 84 valence electrons. The zero-order chi connectivity index (χ0) is 11.5. The highest BCUT2D eigenvalue weighted by atomic mass is 16.5. The zero-order valence-corrected chi connectivity index (χ0v) is 9.11. The minimum absolute atomic E-state index is 0.343. The van der Waals surface area contributed by atoms with Crippen LogP contribution in [0.2, 0.25) is 0 Å². The number of ether oxygens (including phenoxy) is 1. The van der Waals surface area contributed by atoms with Gasteiger partial charge < -0.3 is 9.15 Å². The average molecular weight is 220 g/mol. The highest BCUT2D eigenvalue weighted by Gasteiger charge is 2.05. The van der Waals surface area contributed by atoms with Crippen molar-refractivity contribution in [3.63, 3.8) is 0 Å². The van der Waals surface area contributed by atoms with Gasteiger partial charge in [-0.3, -0.25) is 5.32 Å². The van der Waals surface area contributed by atoms with Gasteiger partial charge in [0, 0.05) is 18.7 Å². The molecule has 5 nitrogen and oxygen atoms in total. The van der Waals surface area contributed by atoms with E-state index in [-0.39, 0.29) is 0 Å². The summed E-state index contributed by atoms with van der Waals surface area (Å²) in [6.45, 7) is 3.87. The third-order valence-corrected chi connectivity index (χ3v) is 2.02. The molecule has 2 aromatic rings. The number of anilines is 1. The molecule has 1 amide bonds. The lowest BCUT2D eigenvalue weighted by Crippen LogP contribution is -2.12. The highest BCUT2D eigenvalue weighted by Crippen LogP contribution is 2.19. The molecule has 5 heteroatoms. The average Bonchev–Trinajstić information content (AvgIpc) is 2.57. The Morgan fingerprint density at radius 1 is 1.56 bits per heavy atom. The molecule has 1 N–H and O–H groups in total. The van der Waals surface area contributed by atoms with Gasteiger partial charge in [-0.1, -0.05) is 0 Å². The van der Waals surface area contributed by atoms with Crippen molar-refractivity contribution in [2.75, 3.05) is 11.9 Å². The van der Waals surface area contributed by atoms with Crippen molar-refractivity contribution in [3.8, 4) is 0 Å². The Balaban J connectivity index is 2.22. The SMILES string of the molecule is CCOC(=O)Nc1ccc2nc(C)oc2c1. The van der Waals surface area contributed by atoms with Crippen molar-refractivity contribution >= 4 is 22.9 Å². The molecule has 1 aromatic heterocycles. The van der Waals surface area contributed by atoms with Crippen molar-refractivity contribution in [1.29, 1.82) is 0 Å². The van der Waals surface area contributed by atoms with Crippen molar-refractivity contribution < 1.29 is 13.9 Å². The maximum absolute atomic E-state index is 11.2. The molecule has 0 unspecified atom stereocenters. The van der Waals surface area contributed by atoms with Crippen LogP contribution in [0.5, 0.6) is 0 Å². The van der Waals surface area contributed by atoms with Crippen LogP contribution in [-0.4, -0.2) is 17.7 Å². The van der Waals surface area contributed by atoms with Gasteiger partial charge in [0.25, 0.3) is 0 Å². The van der Waals surface area contributed by atoms with Gasteiger partial charge in [0.1, 0.15) is 5.52 Å². The molecule has 1 aromatic carbocycles. The lowest BCUT2D eigenvalue weighted by Gasteiger charge is -2.03. The summed E-state index contributed by atoms with van der Waals surface area (Å²) in [5, 5.41) is 2.60. The second kappa shape index (κ2) is 4.22. The third kappa shape index (κ3) is 2.13. The molecule has 0 spiro atoms. The van der Waals surface area contributed by atoms with E-state index < -0.39 is 6.09 Å². The van der Waals surface area contributed by atoms with Gasteiger partial charge in [-0.2, -0.15) is 0 Å². The van der Waals surface area contributed by atoms with Crippen LogP contribution in [-0.2, 0) is 4.74 Å². The van der Waals surface area contributed by atoms with E-state index in [0.717, 1.165) is 5.52 Å². The normalized spacial score (nSPS) is 10.4. The maximum Gasteiger partial charge on any atom is 0.411 e. The standard InChI is InChI=1S/C11H12N2O3/c1-3-15-11(14)13-8-4-5-9-10(6-8)16-7(2)12-9/h4-6H,3H2,1-2H3,(H,13,14). The summed E-state index contributed by atoms with van der Waals surface area (Å²) in [6.07, 6.45) is -0.474. The predicted molar refractivity (Wildman–Crippen MR) is 59.4 cm³/mol. The fourth-order valence-corrected chi connectivity index (χ4v) is 1.40. The van der Waals surface area contributed by atoms with Gasteiger partial charge in [0.05, 0.1) is 6.61 Å². The van der Waals surface area contributed by atoms with Gasteiger partial charge >= 0.3 is 6.09 Å². The van der Waals surface area contributed by atoms with E-state index in [9.17, 15) is 4.79 Å². The second-order valence-electron chi connectivity index (χ2n) is 3.26. The van der Waals surface area contributed by atoms with Gasteiger partial charge in [0.15, 0.2) is 11.5 Å². The van der Waals surface area contributed by atoms with E-state index in [0.29, 0.717) is 23.8 Å². The lowest BCUT2D eigenvalue weighted by molar-refractivity contribution is 0.168. The molecule has 0 fully saturated rings. The number of aromatic nitrogens is 1. The summed E-state index contributed by atoms with van der Waals surface area (Å²) >= 11 is 0. The van der Waals surface area contributed by atoms with Gasteiger partial charge in [-0.25, -0.2) is 9.78 Å². The quantitative estimate of drug-likeness (QED) is 0.845. The van der Waals surface area contributed by atoms with Crippen LogP contribution in [0.15, 0.2) is 22.6 Å². The molecule has 16 heavy (non-hydrogen) atoms. The second-order valence-corrected chi connectivity index (χ2v) is 3.26. The van der Waals surface area contributed by atoms with Crippen LogP contribution in [0.1, 0.15) is 12.8 Å². The van der Waals surface area contributed by atoms with E-state index >= 15 is 0 Å². The molecule has 1 heterocycles. The number of nitrogens with one attached hydrogen (secondary N) is 1. The van der Waals surface area contributed by atoms with Gasteiger partial charge in [0.2, 0.25) is 0 Å². The lowest BCUT2D eigenvalue weighted by atomic mass is 10.3. The predicted octanol–water partition coefficient (Wildman–Crippen LogP) is 2.70. The van der Waals surface area contributed by atoms with Crippen LogP contribution in [0.3, 0.4) is 0 Å². The Morgan fingerprint density at radius 3 is 3.12 bits per heavy atom. The number of aryl methyl sites for hydroxylation is 1. The van der Waals surface area contributed by atoms with E-state index in [1.807, 2.05) is 0 Å². The maximum atomic E-state index is 11.2. The Hall–Kier alpha value is -2.04. The van der Waals surface area contributed by atoms with Crippen LogP contribution in [0.4, 0.5) is 10.5 Å². The number of amides is 1. The molecule has 0 saturated carbocycles. The summed E-state index contributed by atoms with van der Waals surface area (Å²) in [5.74, 6) is 0.600. The molecule has 2 rings (SSSR count). The Labute approximate surface area is 92.4 Å². The summed E-state index contributed by atoms with van der Waals surface area (Å²) in [6, 6.07) is 5.25. The molecule has 0 atom stereocenters. The molecular formula is C11H12N2O3. The smallest absolute Gasteiger partial charge is 0.411 e. The van der Waals surface area contributed by atoms with Crippen molar-refractivity contribution in [2.45, 2.75) is 13.8 Å². The van der Waals surface area contributed by atoms with E-state index in [4.69, 9.17) is 9.15 Å². The largest absolute Gasteiger partial charge is 0.450 e. The van der Waals surface area contributed by atoms with Crippen LogP contribution in [0, 0.1) is 6.92 Å². The minimum Gasteiger partial charge on any atom is -0.450 e. The third-order valence-electron chi connectivity index (χ3n) is 2.02. The number of hydrogen-bond acceptors (Lipinski definition) is 4. The number of benzene rings is 1. The first kappa shape index (κ1) is 10.5.